The Morgan fingerprint density at radius 1 is 0.615 bits per heavy atom. The third-order valence-corrected chi connectivity index (χ3v) is 9.61. The molecule has 2 unspecified atom stereocenters. The number of carbonyl (C=O) groups excluding carboxylic acids is 1. The molecular formula is C43H80NO7P. The minimum absolute atomic E-state index is 0.0223. The Balaban J connectivity index is 4.26. The van der Waals surface area contributed by atoms with Gasteiger partial charge < -0.3 is 27.9 Å². The van der Waals surface area contributed by atoms with Crippen LogP contribution < -0.4 is 4.89 Å². The number of carbonyl (C=O) groups is 1. The van der Waals surface area contributed by atoms with Crippen molar-refractivity contribution in [3.05, 3.63) is 48.6 Å². The van der Waals surface area contributed by atoms with Crippen LogP contribution in [-0.4, -0.2) is 70.7 Å². The molecule has 0 aromatic rings. The number of quaternary nitrogens is 1. The highest BCUT2D eigenvalue weighted by molar-refractivity contribution is 7.45. The predicted octanol–water partition coefficient (Wildman–Crippen LogP) is 11.4. The molecule has 0 saturated heterocycles. The molecule has 0 amide bonds. The lowest BCUT2D eigenvalue weighted by Gasteiger charge is -2.28. The van der Waals surface area contributed by atoms with Crippen LogP contribution in [0.4, 0.5) is 0 Å². The first-order chi connectivity index (χ1) is 25.1. The van der Waals surface area contributed by atoms with E-state index in [1.807, 2.05) is 21.1 Å². The van der Waals surface area contributed by atoms with E-state index >= 15 is 0 Å². The fourth-order valence-electron chi connectivity index (χ4n) is 5.42. The Morgan fingerprint density at radius 2 is 1.12 bits per heavy atom. The number of rotatable bonds is 38. The summed E-state index contributed by atoms with van der Waals surface area (Å²) in [5.41, 5.74) is 0. The molecule has 8 nitrogen and oxygen atoms in total. The number of unbranched alkanes of at least 4 members (excludes halogenated alkanes) is 16. The van der Waals surface area contributed by atoms with Crippen molar-refractivity contribution in [3.63, 3.8) is 0 Å². The van der Waals surface area contributed by atoms with Crippen LogP contribution in [-0.2, 0) is 27.9 Å². The number of likely N-dealkylation sites (N-methyl/N-ethyl adjacent to an activating group) is 1. The highest BCUT2D eigenvalue weighted by Crippen LogP contribution is 2.38. The molecule has 0 aliphatic heterocycles. The van der Waals surface area contributed by atoms with Gasteiger partial charge in [-0.3, -0.25) is 9.36 Å². The van der Waals surface area contributed by atoms with E-state index in [0.29, 0.717) is 24.1 Å². The second-order valence-corrected chi connectivity index (χ2v) is 16.4. The van der Waals surface area contributed by atoms with Crippen LogP contribution in [0.2, 0.25) is 0 Å². The van der Waals surface area contributed by atoms with Crippen molar-refractivity contribution in [2.45, 2.75) is 168 Å². The molecule has 0 aromatic heterocycles. The van der Waals surface area contributed by atoms with E-state index < -0.39 is 13.9 Å². The van der Waals surface area contributed by atoms with Gasteiger partial charge in [0.1, 0.15) is 19.3 Å². The molecule has 0 saturated carbocycles. The molecule has 0 aliphatic rings. The first kappa shape index (κ1) is 50.5. The Bertz CT molecular complexity index is 973. The number of phosphoric ester groups is 1. The minimum atomic E-state index is -4.52. The second-order valence-electron chi connectivity index (χ2n) is 15.0. The molecule has 0 N–H and O–H groups in total. The van der Waals surface area contributed by atoms with Crippen LogP contribution in [0.5, 0.6) is 0 Å². The highest BCUT2D eigenvalue weighted by atomic mass is 31.2. The Hall–Kier alpha value is -1.54. The van der Waals surface area contributed by atoms with Gasteiger partial charge in [-0.05, 0) is 51.4 Å². The minimum Gasteiger partial charge on any atom is -0.756 e. The van der Waals surface area contributed by atoms with Crippen LogP contribution in [0.3, 0.4) is 0 Å². The molecule has 0 rings (SSSR count). The van der Waals surface area contributed by atoms with Gasteiger partial charge in [0.05, 0.1) is 34.4 Å². The Labute approximate surface area is 320 Å². The summed E-state index contributed by atoms with van der Waals surface area (Å²) >= 11 is 0. The number of allylic oxidation sites excluding steroid dienone is 8. The van der Waals surface area contributed by atoms with Crippen molar-refractivity contribution in [2.75, 3.05) is 54.1 Å². The van der Waals surface area contributed by atoms with Gasteiger partial charge in [0, 0.05) is 13.0 Å². The lowest BCUT2D eigenvalue weighted by atomic mass is 10.1. The number of phosphoric acid groups is 1. The van der Waals surface area contributed by atoms with Gasteiger partial charge in [-0.1, -0.05) is 152 Å². The number of esters is 1. The molecule has 0 aliphatic carbocycles. The van der Waals surface area contributed by atoms with Crippen molar-refractivity contribution >= 4 is 13.8 Å². The van der Waals surface area contributed by atoms with E-state index in [1.165, 1.54) is 70.6 Å². The molecule has 52 heavy (non-hydrogen) atoms. The third kappa shape index (κ3) is 39.7. The van der Waals surface area contributed by atoms with E-state index in [4.69, 9.17) is 18.5 Å². The number of hydrogen-bond donors (Lipinski definition) is 0. The van der Waals surface area contributed by atoms with E-state index in [1.54, 1.807) is 0 Å². The summed E-state index contributed by atoms with van der Waals surface area (Å²) in [5.74, 6) is -0.349. The van der Waals surface area contributed by atoms with Gasteiger partial charge >= 0.3 is 5.97 Å². The molecule has 0 spiro atoms. The summed E-state index contributed by atoms with van der Waals surface area (Å²) in [6, 6.07) is 0. The number of hydrogen-bond acceptors (Lipinski definition) is 7. The van der Waals surface area contributed by atoms with Crippen molar-refractivity contribution in [2.24, 2.45) is 0 Å². The number of nitrogens with zero attached hydrogens (tertiary/aromatic N) is 1. The maximum atomic E-state index is 12.6. The van der Waals surface area contributed by atoms with Gasteiger partial charge in [-0.2, -0.15) is 0 Å². The summed E-state index contributed by atoms with van der Waals surface area (Å²) < 4.78 is 34.5. The zero-order chi connectivity index (χ0) is 38.4. The first-order valence-electron chi connectivity index (χ1n) is 20.9. The lowest BCUT2D eigenvalue weighted by Crippen LogP contribution is -2.37. The van der Waals surface area contributed by atoms with Gasteiger partial charge in [0.25, 0.3) is 7.82 Å². The monoisotopic (exact) mass is 754 g/mol. The lowest BCUT2D eigenvalue weighted by molar-refractivity contribution is -0.870. The molecule has 0 fully saturated rings. The SMILES string of the molecule is CC/C=C\C/C=C\C/C=C\C/C=C\CCCCCCCCC(=O)OC(COCCCCCCCCCCCCC)COP(=O)([O-])OCC[N+](C)(C)C. The van der Waals surface area contributed by atoms with Crippen molar-refractivity contribution < 1.29 is 37.3 Å². The molecule has 0 radical (unpaired) electrons. The molecule has 2 atom stereocenters. The summed E-state index contributed by atoms with van der Waals surface area (Å²) in [6.45, 7) is 5.27. The summed E-state index contributed by atoms with van der Waals surface area (Å²) in [6.07, 6.45) is 42.6. The molecule has 0 heterocycles. The third-order valence-electron chi connectivity index (χ3n) is 8.64. The van der Waals surface area contributed by atoms with Crippen LogP contribution in [0, 0.1) is 0 Å². The van der Waals surface area contributed by atoms with E-state index in [9.17, 15) is 14.3 Å². The standard InChI is InChI=1S/C43H80NO7P/c1-6-8-10-12-14-16-18-19-20-21-22-23-24-25-26-28-30-32-34-36-43(45)51-42(41-50-52(46,47)49-39-37-44(3,4)5)40-48-38-35-33-31-29-27-17-15-13-11-9-7-2/h8,10,14,16,19-20,22-23,42H,6-7,9,11-13,15,17-18,21,24-41H2,1-5H3/b10-8-,16-14-,20-19-,23-22-. The van der Waals surface area contributed by atoms with Crippen LogP contribution in [0.25, 0.3) is 0 Å². The summed E-state index contributed by atoms with van der Waals surface area (Å²) in [5, 5.41) is 0. The normalized spacial score (nSPS) is 14.3. The zero-order valence-electron chi connectivity index (χ0n) is 34.2. The average Bonchev–Trinajstić information content (AvgIpc) is 3.09. The second kappa shape index (κ2) is 36.4. The van der Waals surface area contributed by atoms with E-state index in [2.05, 4.69) is 62.5 Å². The molecular weight excluding hydrogens is 673 g/mol. The first-order valence-corrected chi connectivity index (χ1v) is 22.3. The van der Waals surface area contributed by atoms with Crippen molar-refractivity contribution in [1.29, 1.82) is 0 Å². The van der Waals surface area contributed by atoms with Gasteiger partial charge in [-0.15, -0.1) is 0 Å². The van der Waals surface area contributed by atoms with Crippen LogP contribution >= 0.6 is 7.82 Å². The largest absolute Gasteiger partial charge is 0.756 e. The Morgan fingerprint density at radius 3 is 1.67 bits per heavy atom. The molecule has 9 heteroatoms. The van der Waals surface area contributed by atoms with Crippen LogP contribution in [0.1, 0.15) is 162 Å². The highest BCUT2D eigenvalue weighted by Gasteiger charge is 2.20. The maximum absolute atomic E-state index is 12.6. The predicted molar refractivity (Wildman–Crippen MR) is 217 cm³/mol. The quantitative estimate of drug-likeness (QED) is 0.0204. The summed E-state index contributed by atoms with van der Waals surface area (Å²) in [7, 11) is 1.34. The molecule has 0 bridgehead atoms. The summed E-state index contributed by atoms with van der Waals surface area (Å²) in [4.78, 5) is 25.0. The fourth-order valence-corrected chi connectivity index (χ4v) is 6.15. The average molecular weight is 754 g/mol. The fraction of sp³-hybridized carbons (Fsp3) is 0.791. The van der Waals surface area contributed by atoms with Gasteiger partial charge in [0.15, 0.2) is 0 Å². The Kier molecular flexibility index (Phi) is 35.4. The topological polar surface area (TPSA) is 94.1 Å². The molecule has 0 aromatic carbocycles. The van der Waals surface area contributed by atoms with Crippen LogP contribution in [0.15, 0.2) is 48.6 Å². The smallest absolute Gasteiger partial charge is 0.306 e. The number of ether oxygens (including phenoxy) is 2. The van der Waals surface area contributed by atoms with Crippen molar-refractivity contribution in [3.8, 4) is 0 Å². The van der Waals surface area contributed by atoms with Gasteiger partial charge in [-0.25, -0.2) is 0 Å². The van der Waals surface area contributed by atoms with Gasteiger partial charge in [0.2, 0.25) is 0 Å². The molecule has 304 valence electrons. The van der Waals surface area contributed by atoms with E-state index in [0.717, 1.165) is 70.6 Å². The van der Waals surface area contributed by atoms with Crippen molar-refractivity contribution in [1.82, 2.24) is 0 Å². The van der Waals surface area contributed by atoms with E-state index in [-0.39, 0.29) is 25.8 Å². The zero-order valence-corrected chi connectivity index (χ0v) is 35.1. The maximum Gasteiger partial charge on any atom is 0.306 e.